The van der Waals surface area contributed by atoms with E-state index in [1.165, 1.54) is 0 Å². The molecule has 2 aromatic rings. The average Bonchev–Trinajstić information content (AvgIpc) is 2.27. The van der Waals surface area contributed by atoms with Gasteiger partial charge in [0.15, 0.2) is 5.75 Å². The van der Waals surface area contributed by atoms with Gasteiger partial charge >= 0.3 is 0 Å². The summed E-state index contributed by atoms with van der Waals surface area (Å²) in [5, 5.41) is 2.11. The first-order valence-electron chi connectivity index (χ1n) is 4.29. The summed E-state index contributed by atoms with van der Waals surface area (Å²) >= 11 is 5.44. The maximum absolute atomic E-state index is 5.44. The van der Waals surface area contributed by atoms with Gasteiger partial charge in [-0.2, -0.15) is 0 Å². The Labute approximate surface area is 87.7 Å². The SMILES string of the molecule is C=Cc1ccc2ccccc2c1OCl. The normalized spacial score (nSPS) is 10.1. The fourth-order valence-corrected chi connectivity index (χ4v) is 1.68. The van der Waals surface area contributed by atoms with Crippen LogP contribution in [0, 0.1) is 0 Å². The summed E-state index contributed by atoms with van der Waals surface area (Å²) in [5.74, 6) is 0.666. The minimum absolute atomic E-state index is 0.666. The Hall–Kier alpha value is -1.47. The van der Waals surface area contributed by atoms with E-state index in [-0.39, 0.29) is 0 Å². The van der Waals surface area contributed by atoms with E-state index >= 15 is 0 Å². The highest BCUT2D eigenvalue weighted by Crippen LogP contribution is 2.31. The second-order valence-corrected chi connectivity index (χ2v) is 3.14. The Balaban J connectivity index is 2.83. The van der Waals surface area contributed by atoms with Crippen molar-refractivity contribution in [3.05, 3.63) is 48.5 Å². The Morgan fingerprint density at radius 3 is 2.64 bits per heavy atom. The van der Waals surface area contributed by atoms with Crippen molar-refractivity contribution in [2.45, 2.75) is 0 Å². The first kappa shape index (κ1) is 9.10. The van der Waals surface area contributed by atoms with E-state index in [4.69, 9.17) is 16.2 Å². The fraction of sp³-hybridized carbons (Fsp3) is 0. The number of hydrogen-bond donors (Lipinski definition) is 0. The molecular formula is C12H9ClO. The molecule has 0 aliphatic carbocycles. The lowest BCUT2D eigenvalue weighted by Crippen LogP contribution is -1.83. The van der Waals surface area contributed by atoms with Gasteiger partial charge in [0.2, 0.25) is 0 Å². The highest BCUT2D eigenvalue weighted by molar-refractivity contribution is 6.11. The first-order chi connectivity index (χ1) is 6.86. The predicted molar refractivity (Wildman–Crippen MR) is 60.5 cm³/mol. The van der Waals surface area contributed by atoms with Crippen LogP contribution in [0.25, 0.3) is 16.8 Å². The molecule has 70 valence electrons. The molecule has 0 N–H and O–H groups in total. The quantitative estimate of drug-likeness (QED) is 0.718. The summed E-state index contributed by atoms with van der Waals surface area (Å²) in [6.45, 7) is 3.71. The summed E-state index contributed by atoms with van der Waals surface area (Å²) in [4.78, 5) is 0. The molecule has 0 amide bonds. The van der Waals surface area contributed by atoms with Crippen LogP contribution in [0.4, 0.5) is 0 Å². The van der Waals surface area contributed by atoms with Crippen LogP contribution in [0.3, 0.4) is 0 Å². The molecule has 0 bridgehead atoms. The van der Waals surface area contributed by atoms with Crippen molar-refractivity contribution in [3.8, 4) is 5.75 Å². The largest absolute Gasteiger partial charge is 0.384 e. The van der Waals surface area contributed by atoms with E-state index in [9.17, 15) is 0 Å². The number of benzene rings is 2. The van der Waals surface area contributed by atoms with Gasteiger partial charge in [-0.25, -0.2) is 0 Å². The lowest BCUT2D eigenvalue weighted by atomic mass is 10.1. The van der Waals surface area contributed by atoms with Crippen molar-refractivity contribution in [1.29, 1.82) is 0 Å². The van der Waals surface area contributed by atoms with Gasteiger partial charge in [0, 0.05) is 10.9 Å². The Morgan fingerprint density at radius 2 is 1.93 bits per heavy atom. The highest BCUT2D eigenvalue weighted by atomic mass is 35.5. The molecule has 0 saturated heterocycles. The van der Waals surface area contributed by atoms with E-state index in [1.807, 2.05) is 36.4 Å². The number of halogens is 1. The summed E-state index contributed by atoms with van der Waals surface area (Å²) in [6.07, 6.45) is 1.73. The van der Waals surface area contributed by atoms with Crippen LogP contribution in [-0.4, -0.2) is 0 Å². The van der Waals surface area contributed by atoms with Crippen LogP contribution in [0.15, 0.2) is 43.0 Å². The van der Waals surface area contributed by atoms with Crippen molar-refractivity contribution < 1.29 is 4.29 Å². The van der Waals surface area contributed by atoms with Gasteiger partial charge in [0.1, 0.15) is 11.9 Å². The molecular weight excluding hydrogens is 196 g/mol. The lowest BCUT2D eigenvalue weighted by Gasteiger charge is -2.06. The van der Waals surface area contributed by atoms with Crippen LogP contribution >= 0.6 is 11.9 Å². The molecule has 0 spiro atoms. The van der Waals surface area contributed by atoms with Gasteiger partial charge in [-0.1, -0.05) is 49.1 Å². The molecule has 14 heavy (non-hydrogen) atoms. The van der Waals surface area contributed by atoms with Crippen LogP contribution in [0.5, 0.6) is 5.75 Å². The van der Waals surface area contributed by atoms with Crippen LogP contribution < -0.4 is 4.29 Å². The lowest BCUT2D eigenvalue weighted by molar-refractivity contribution is 0.625. The average molecular weight is 205 g/mol. The second kappa shape index (κ2) is 3.72. The zero-order valence-corrected chi connectivity index (χ0v) is 8.29. The summed E-state index contributed by atoms with van der Waals surface area (Å²) in [6, 6.07) is 11.9. The van der Waals surface area contributed by atoms with Crippen LogP contribution in [0.1, 0.15) is 5.56 Å². The zero-order chi connectivity index (χ0) is 9.97. The number of fused-ring (bicyclic) bond motifs is 1. The molecule has 1 nitrogen and oxygen atoms in total. The van der Waals surface area contributed by atoms with Crippen LogP contribution in [0.2, 0.25) is 0 Å². The third kappa shape index (κ3) is 1.36. The standard InChI is InChI=1S/C12H9ClO/c1-2-9-7-8-10-5-3-4-6-11(10)12(9)14-13/h2-8H,1H2. The molecule has 0 aliphatic heterocycles. The van der Waals surface area contributed by atoms with E-state index in [1.54, 1.807) is 6.08 Å². The molecule has 0 unspecified atom stereocenters. The van der Waals surface area contributed by atoms with E-state index < -0.39 is 0 Å². The smallest absolute Gasteiger partial charge is 0.161 e. The molecule has 0 radical (unpaired) electrons. The van der Waals surface area contributed by atoms with Gasteiger partial charge < -0.3 is 4.29 Å². The summed E-state index contributed by atoms with van der Waals surface area (Å²) < 4.78 is 4.85. The van der Waals surface area contributed by atoms with Crippen molar-refractivity contribution >= 4 is 28.7 Å². The maximum atomic E-state index is 5.44. The van der Waals surface area contributed by atoms with Crippen molar-refractivity contribution in [1.82, 2.24) is 0 Å². The van der Waals surface area contributed by atoms with Crippen molar-refractivity contribution in [2.75, 3.05) is 0 Å². The predicted octanol–water partition coefficient (Wildman–Crippen LogP) is 4.02. The van der Waals surface area contributed by atoms with Crippen molar-refractivity contribution in [3.63, 3.8) is 0 Å². The number of hydrogen-bond acceptors (Lipinski definition) is 1. The molecule has 0 saturated carbocycles. The molecule has 0 atom stereocenters. The second-order valence-electron chi connectivity index (χ2n) is 2.99. The monoisotopic (exact) mass is 204 g/mol. The van der Waals surface area contributed by atoms with E-state index in [0.717, 1.165) is 16.3 Å². The maximum Gasteiger partial charge on any atom is 0.161 e. The first-order valence-corrected chi connectivity index (χ1v) is 4.60. The van der Waals surface area contributed by atoms with Crippen molar-refractivity contribution in [2.24, 2.45) is 0 Å². The van der Waals surface area contributed by atoms with E-state index in [0.29, 0.717) is 5.75 Å². The Bertz CT molecular complexity index is 477. The minimum atomic E-state index is 0.666. The minimum Gasteiger partial charge on any atom is -0.384 e. The molecule has 0 heterocycles. The molecule has 0 fully saturated rings. The van der Waals surface area contributed by atoms with E-state index in [2.05, 4.69) is 6.58 Å². The van der Waals surface area contributed by atoms with Gasteiger partial charge in [-0.15, -0.1) is 0 Å². The summed E-state index contributed by atoms with van der Waals surface area (Å²) in [5.41, 5.74) is 0.902. The fourth-order valence-electron chi connectivity index (χ4n) is 1.51. The summed E-state index contributed by atoms with van der Waals surface area (Å²) in [7, 11) is 0. The van der Waals surface area contributed by atoms with Gasteiger partial charge in [-0.05, 0) is 5.39 Å². The van der Waals surface area contributed by atoms with Crippen LogP contribution in [-0.2, 0) is 0 Å². The van der Waals surface area contributed by atoms with Gasteiger partial charge in [0.05, 0.1) is 0 Å². The zero-order valence-electron chi connectivity index (χ0n) is 7.53. The molecule has 0 aliphatic rings. The molecule has 2 heteroatoms. The molecule has 2 aromatic carbocycles. The third-order valence-corrected chi connectivity index (χ3v) is 2.36. The Morgan fingerprint density at radius 1 is 1.14 bits per heavy atom. The Kier molecular flexibility index (Phi) is 2.42. The highest BCUT2D eigenvalue weighted by Gasteiger charge is 2.05. The molecule has 0 aromatic heterocycles. The topological polar surface area (TPSA) is 9.23 Å². The number of rotatable bonds is 2. The van der Waals surface area contributed by atoms with Gasteiger partial charge in [0.25, 0.3) is 0 Å². The van der Waals surface area contributed by atoms with Gasteiger partial charge in [-0.3, -0.25) is 0 Å². The molecule has 2 rings (SSSR count). The third-order valence-electron chi connectivity index (χ3n) is 2.21.